The number of hydrogen-bond donors (Lipinski definition) is 3. The number of anilines is 1. The van der Waals surface area contributed by atoms with Gasteiger partial charge in [0.2, 0.25) is 5.88 Å². The zero-order valence-electron chi connectivity index (χ0n) is 12.3. The van der Waals surface area contributed by atoms with Crippen LogP contribution in [-0.2, 0) is 13.0 Å². The Morgan fingerprint density at radius 3 is 3.00 bits per heavy atom. The Labute approximate surface area is 127 Å². The van der Waals surface area contributed by atoms with Crippen molar-refractivity contribution in [1.82, 2.24) is 14.6 Å². The maximum atomic E-state index is 10.4. The molecule has 0 aliphatic heterocycles. The fraction of sp³-hybridized carbons (Fsp3) is 0.267. The maximum Gasteiger partial charge on any atom is 0.219 e. The molecule has 3 aromatic heterocycles. The lowest BCUT2D eigenvalue weighted by molar-refractivity contribution is -0.698. The van der Waals surface area contributed by atoms with E-state index in [2.05, 4.69) is 10.1 Å². The molecule has 0 aromatic carbocycles. The van der Waals surface area contributed by atoms with Crippen molar-refractivity contribution in [3.05, 3.63) is 47.5 Å². The summed E-state index contributed by atoms with van der Waals surface area (Å²) in [6.45, 7) is 2.45. The summed E-state index contributed by atoms with van der Waals surface area (Å²) >= 11 is 0. The molecule has 114 valence electrons. The molecule has 0 atom stereocenters. The molecule has 0 aliphatic rings. The van der Waals surface area contributed by atoms with E-state index in [9.17, 15) is 5.11 Å². The highest BCUT2D eigenvalue weighted by Crippen LogP contribution is 2.25. The van der Waals surface area contributed by atoms with Crippen LogP contribution in [0.25, 0.3) is 5.65 Å². The van der Waals surface area contributed by atoms with Gasteiger partial charge in [0.1, 0.15) is 6.61 Å². The first-order chi connectivity index (χ1) is 10.6. The van der Waals surface area contributed by atoms with Crippen molar-refractivity contribution in [2.75, 3.05) is 12.3 Å². The molecule has 0 aliphatic carbocycles. The van der Waals surface area contributed by atoms with E-state index < -0.39 is 0 Å². The minimum atomic E-state index is 0.0526. The third kappa shape index (κ3) is 2.46. The number of nitrogens with two attached hydrogens (primary N) is 1. The normalized spacial score (nSPS) is 11.2. The van der Waals surface area contributed by atoms with E-state index in [0.29, 0.717) is 29.9 Å². The van der Waals surface area contributed by atoms with Crippen LogP contribution in [0.3, 0.4) is 0 Å². The van der Waals surface area contributed by atoms with Gasteiger partial charge in [-0.3, -0.25) is 0 Å². The minimum absolute atomic E-state index is 0.0526. The highest BCUT2D eigenvalue weighted by Gasteiger charge is 2.16. The molecule has 3 heterocycles. The Bertz CT molecular complexity index is 828. The number of rotatable bonds is 4. The predicted molar refractivity (Wildman–Crippen MR) is 80.3 cm³/mol. The van der Waals surface area contributed by atoms with Crippen LogP contribution in [0.5, 0.6) is 5.88 Å². The van der Waals surface area contributed by atoms with Gasteiger partial charge in [0.05, 0.1) is 11.9 Å². The average molecular weight is 300 g/mol. The molecule has 0 radical (unpaired) electrons. The average Bonchev–Trinajstić information content (AvgIpc) is 2.86. The Balaban J connectivity index is 2.02. The van der Waals surface area contributed by atoms with Gasteiger partial charge >= 0.3 is 0 Å². The molecule has 7 nitrogen and oxygen atoms in total. The number of nitrogens with zero attached hydrogens (tertiary/aromatic N) is 4. The monoisotopic (exact) mass is 300 g/mol. The topological polar surface area (TPSA) is 101 Å². The lowest BCUT2D eigenvalue weighted by Crippen LogP contribution is -2.35. The van der Waals surface area contributed by atoms with E-state index in [1.165, 1.54) is 10.7 Å². The van der Waals surface area contributed by atoms with E-state index in [-0.39, 0.29) is 12.5 Å². The summed E-state index contributed by atoms with van der Waals surface area (Å²) in [7, 11) is 0. The summed E-state index contributed by atoms with van der Waals surface area (Å²) in [6.07, 6.45) is 5.83. The molecular weight excluding hydrogens is 282 g/mol. The Hall–Kier alpha value is -2.67. The number of aliphatic hydroxyl groups is 1. The van der Waals surface area contributed by atoms with Gasteiger partial charge in [-0.15, -0.1) is 0 Å². The number of fused-ring (bicyclic) bond motifs is 1. The van der Waals surface area contributed by atoms with Crippen molar-refractivity contribution < 1.29 is 14.8 Å². The van der Waals surface area contributed by atoms with E-state index in [0.717, 1.165) is 11.3 Å². The van der Waals surface area contributed by atoms with Crippen LogP contribution in [0, 0.1) is 6.92 Å². The Morgan fingerprint density at radius 2 is 2.23 bits per heavy atom. The molecule has 4 N–H and O–H groups in total. The smallest absolute Gasteiger partial charge is 0.219 e. The molecule has 3 aromatic rings. The fourth-order valence-electron chi connectivity index (χ4n) is 2.48. The Morgan fingerprint density at radius 1 is 1.41 bits per heavy atom. The lowest BCUT2D eigenvalue weighted by Gasteiger charge is -2.09. The molecular formula is C15H18N5O2+. The van der Waals surface area contributed by atoms with Gasteiger partial charge in [-0.1, -0.05) is 0 Å². The SMILES string of the molecule is Cc1nc2c(N)cnn2c(O)c1Cc1ccc[n+](CCO)c1. The van der Waals surface area contributed by atoms with Gasteiger partial charge in [-0.05, 0) is 13.0 Å². The van der Waals surface area contributed by atoms with Gasteiger partial charge < -0.3 is 15.9 Å². The van der Waals surface area contributed by atoms with Crippen molar-refractivity contribution in [1.29, 1.82) is 0 Å². The van der Waals surface area contributed by atoms with Gasteiger partial charge in [0.25, 0.3) is 0 Å². The number of aromatic nitrogens is 4. The summed E-state index contributed by atoms with van der Waals surface area (Å²) < 4.78 is 3.25. The second-order valence-electron chi connectivity index (χ2n) is 5.19. The number of aryl methyl sites for hydroxylation is 1. The summed E-state index contributed by atoms with van der Waals surface area (Å²) in [6, 6.07) is 3.88. The van der Waals surface area contributed by atoms with Gasteiger partial charge in [0, 0.05) is 29.3 Å². The summed E-state index contributed by atoms with van der Waals surface area (Å²) in [4.78, 5) is 4.42. The number of hydrogen-bond acceptors (Lipinski definition) is 5. The molecule has 3 rings (SSSR count). The van der Waals surface area contributed by atoms with Crippen molar-refractivity contribution in [3.63, 3.8) is 0 Å². The highest BCUT2D eigenvalue weighted by molar-refractivity contribution is 5.65. The van der Waals surface area contributed by atoms with E-state index in [4.69, 9.17) is 10.8 Å². The molecule has 22 heavy (non-hydrogen) atoms. The third-order valence-corrected chi connectivity index (χ3v) is 3.61. The molecule has 0 unspecified atom stereocenters. The van der Waals surface area contributed by atoms with Crippen LogP contribution in [0.1, 0.15) is 16.8 Å². The highest BCUT2D eigenvalue weighted by atomic mass is 16.3. The van der Waals surface area contributed by atoms with Gasteiger partial charge in [-0.25, -0.2) is 9.55 Å². The van der Waals surface area contributed by atoms with Crippen LogP contribution in [0.15, 0.2) is 30.7 Å². The van der Waals surface area contributed by atoms with Crippen LogP contribution in [0.4, 0.5) is 5.69 Å². The summed E-state index contributed by atoms with van der Waals surface area (Å²) in [5.74, 6) is 0.0526. The van der Waals surface area contributed by atoms with Gasteiger partial charge in [0.15, 0.2) is 24.6 Å². The third-order valence-electron chi connectivity index (χ3n) is 3.61. The largest absolute Gasteiger partial charge is 0.493 e. The molecule has 0 fully saturated rings. The standard InChI is InChI=1S/C15H17N5O2/c1-10-12(7-11-3-2-4-19(9-11)5-6-21)15(22)20-14(18-10)13(16)8-17-20/h2-4,8-9,21H,5-7,16H2,1H3/p+1. The molecule has 0 bridgehead atoms. The zero-order valence-corrected chi connectivity index (χ0v) is 12.3. The van der Waals surface area contributed by atoms with Crippen molar-refractivity contribution in [2.45, 2.75) is 19.9 Å². The molecule has 0 saturated heterocycles. The molecule has 0 spiro atoms. The lowest BCUT2D eigenvalue weighted by atomic mass is 10.1. The van der Waals surface area contributed by atoms with Crippen molar-refractivity contribution in [3.8, 4) is 5.88 Å². The number of aromatic hydroxyl groups is 1. The van der Waals surface area contributed by atoms with E-state index >= 15 is 0 Å². The van der Waals surface area contributed by atoms with Crippen LogP contribution < -0.4 is 10.3 Å². The minimum Gasteiger partial charge on any atom is -0.493 e. The summed E-state index contributed by atoms with van der Waals surface area (Å²) in [5.41, 5.74) is 9.11. The van der Waals surface area contributed by atoms with Crippen molar-refractivity contribution >= 4 is 11.3 Å². The van der Waals surface area contributed by atoms with E-state index in [1.807, 2.05) is 36.0 Å². The maximum absolute atomic E-state index is 10.4. The van der Waals surface area contributed by atoms with Crippen LogP contribution in [-0.4, -0.2) is 31.4 Å². The zero-order chi connectivity index (χ0) is 15.7. The summed E-state index contributed by atoms with van der Waals surface area (Å²) in [5, 5.41) is 23.5. The molecule has 0 amide bonds. The quantitative estimate of drug-likeness (QED) is 0.597. The first kappa shape index (κ1) is 14.3. The van der Waals surface area contributed by atoms with Crippen LogP contribution in [0.2, 0.25) is 0 Å². The molecule has 7 heteroatoms. The van der Waals surface area contributed by atoms with Crippen LogP contribution >= 0.6 is 0 Å². The van der Waals surface area contributed by atoms with Crippen molar-refractivity contribution in [2.24, 2.45) is 0 Å². The number of pyridine rings is 1. The molecule has 0 saturated carbocycles. The Kier molecular flexibility index (Phi) is 3.64. The predicted octanol–water partition coefficient (Wildman–Crippen LogP) is 0.196. The second kappa shape index (κ2) is 5.61. The number of aliphatic hydroxyl groups excluding tert-OH is 1. The number of nitrogen functional groups attached to an aromatic ring is 1. The fourth-order valence-corrected chi connectivity index (χ4v) is 2.48. The van der Waals surface area contributed by atoms with E-state index in [1.54, 1.807) is 0 Å². The first-order valence-corrected chi connectivity index (χ1v) is 7.00. The van der Waals surface area contributed by atoms with Gasteiger partial charge in [-0.2, -0.15) is 9.61 Å². The first-order valence-electron chi connectivity index (χ1n) is 7.00. The second-order valence-corrected chi connectivity index (χ2v) is 5.19.